The van der Waals surface area contributed by atoms with Crippen LogP contribution in [0.3, 0.4) is 0 Å². The highest BCUT2D eigenvalue weighted by molar-refractivity contribution is 6.69. The third kappa shape index (κ3) is 2.97. The number of hydrogen-bond donors (Lipinski definition) is 0. The molecule has 2 rings (SSSR count). The highest BCUT2D eigenvalue weighted by Crippen LogP contribution is 2.33. The first-order valence-corrected chi connectivity index (χ1v) is 9.69. The van der Waals surface area contributed by atoms with Gasteiger partial charge in [-0.05, 0) is 50.5 Å². The van der Waals surface area contributed by atoms with Crippen molar-refractivity contribution in [1.29, 1.82) is 0 Å². The van der Waals surface area contributed by atoms with Gasteiger partial charge in [0.15, 0.2) is 0 Å². The molecule has 0 amide bonds. The Bertz CT molecular complexity index is 434. The first-order valence-electron chi connectivity index (χ1n) is 6.28. The maximum Gasteiger partial charge on any atom is 0.278 e. The topological polar surface area (TPSA) is 21.6 Å². The van der Waals surface area contributed by atoms with E-state index in [-0.39, 0.29) is 0 Å². The van der Waals surface area contributed by atoms with Gasteiger partial charge in [0, 0.05) is 5.92 Å². The molecule has 0 radical (unpaired) electrons. The summed E-state index contributed by atoms with van der Waals surface area (Å²) in [5.41, 5.74) is 4.03. The van der Waals surface area contributed by atoms with Crippen LogP contribution in [0.1, 0.15) is 30.4 Å². The predicted octanol–water partition coefficient (Wildman–Crippen LogP) is 3.94. The number of oxime groups is 1. The maximum atomic E-state index is 5.65. The van der Waals surface area contributed by atoms with Crippen LogP contribution in [0.2, 0.25) is 19.6 Å². The number of rotatable bonds is 3. The standard InChI is InChI=1S/C14H21NOSi/c1-11(15-16-17(2,3)4)13-10-9-12-7-5-6-8-14(12)13/h5-8,13H,9-10H2,1-4H3/b15-11-. The second kappa shape index (κ2) is 4.65. The largest absolute Gasteiger partial charge is 0.456 e. The summed E-state index contributed by atoms with van der Waals surface area (Å²) in [4.78, 5) is 0. The van der Waals surface area contributed by atoms with Crippen molar-refractivity contribution in [3.8, 4) is 0 Å². The average Bonchev–Trinajstić information content (AvgIpc) is 2.68. The van der Waals surface area contributed by atoms with Crippen molar-refractivity contribution >= 4 is 14.0 Å². The molecule has 0 N–H and O–H groups in total. The molecule has 0 bridgehead atoms. The van der Waals surface area contributed by atoms with E-state index in [4.69, 9.17) is 4.53 Å². The lowest BCUT2D eigenvalue weighted by Gasteiger charge is -2.16. The second-order valence-corrected chi connectivity index (χ2v) is 10.1. The zero-order chi connectivity index (χ0) is 12.5. The molecule has 0 saturated carbocycles. The molecule has 0 aliphatic heterocycles. The third-order valence-electron chi connectivity index (χ3n) is 3.10. The fourth-order valence-electron chi connectivity index (χ4n) is 2.26. The molecular formula is C14H21NOSi. The third-order valence-corrected chi connectivity index (χ3v) is 3.74. The van der Waals surface area contributed by atoms with Gasteiger partial charge in [0.2, 0.25) is 0 Å². The van der Waals surface area contributed by atoms with Gasteiger partial charge < -0.3 is 4.53 Å². The van der Waals surface area contributed by atoms with Crippen molar-refractivity contribution in [3.05, 3.63) is 35.4 Å². The number of nitrogens with zero attached hydrogens (tertiary/aromatic N) is 1. The molecule has 0 fully saturated rings. The summed E-state index contributed by atoms with van der Waals surface area (Å²) in [7, 11) is -1.55. The van der Waals surface area contributed by atoms with Gasteiger partial charge in [-0.3, -0.25) is 0 Å². The first-order chi connectivity index (χ1) is 7.97. The Kier molecular flexibility index (Phi) is 3.38. The van der Waals surface area contributed by atoms with E-state index in [0.29, 0.717) is 5.92 Å². The van der Waals surface area contributed by atoms with Gasteiger partial charge in [-0.2, -0.15) is 0 Å². The lowest BCUT2D eigenvalue weighted by Crippen LogP contribution is -2.23. The number of benzene rings is 1. The SMILES string of the molecule is C/C(=N/O[Si](C)(C)C)C1CCc2ccccc21. The fraction of sp³-hybridized carbons (Fsp3) is 0.500. The van der Waals surface area contributed by atoms with E-state index in [1.165, 1.54) is 24.0 Å². The average molecular weight is 247 g/mol. The Labute approximate surface area is 105 Å². The molecule has 0 aromatic heterocycles. The summed E-state index contributed by atoms with van der Waals surface area (Å²) >= 11 is 0. The molecule has 1 unspecified atom stereocenters. The van der Waals surface area contributed by atoms with Crippen LogP contribution in [-0.4, -0.2) is 14.0 Å². The highest BCUT2D eigenvalue weighted by Gasteiger charge is 2.25. The summed E-state index contributed by atoms with van der Waals surface area (Å²) in [6.07, 6.45) is 2.34. The van der Waals surface area contributed by atoms with E-state index in [9.17, 15) is 0 Å². The van der Waals surface area contributed by atoms with E-state index >= 15 is 0 Å². The number of fused-ring (bicyclic) bond motifs is 1. The summed E-state index contributed by atoms with van der Waals surface area (Å²) in [5.74, 6) is 0.461. The maximum absolute atomic E-state index is 5.65. The number of hydrogen-bond acceptors (Lipinski definition) is 2. The highest BCUT2D eigenvalue weighted by atomic mass is 28.4. The van der Waals surface area contributed by atoms with E-state index in [1.807, 2.05) is 0 Å². The monoisotopic (exact) mass is 247 g/mol. The Morgan fingerprint density at radius 3 is 2.71 bits per heavy atom. The van der Waals surface area contributed by atoms with Gasteiger partial charge in [-0.1, -0.05) is 24.3 Å². The molecule has 1 aromatic carbocycles. The zero-order valence-electron chi connectivity index (χ0n) is 11.2. The zero-order valence-corrected chi connectivity index (χ0v) is 12.2. The van der Waals surface area contributed by atoms with Crippen molar-refractivity contribution in [2.24, 2.45) is 5.16 Å². The predicted molar refractivity (Wildman–Crippen MR) is 75.0 cm³/mol. The number of aryl methyl sites for hydroxylation is 1. The van der Waals surface area contributed by atoms with Gasteiger partial charge >= 0.3 is 0 Å². The molecule has 1 aliphatic carbocycles. The Morgan fingerprint density at radius 1 is 1.29 bits per heavy atom. The van der Waals surface area contributed by atoms with Crippen LogP contribution >= 0.6 is 0 Å². The summed E-state index contributed by atoms with van der Waals surface area (Å²) < 4.78 is 5.65. The molecule has 0 saturated heterocycles. The lowest BCUT2D eigenvalue weighted by atomic mass is 9.97. The molecule has 1 aliphatic rings. The van der Waals surface area contributed by atoms with Crippen LogP contribution in [0.15, 0.2) is 29.4 Å². The molecule has 2 nitrogen and oxygen atoms in total. The fourth-order valence-corrected chi connectivity index (χ4v) is 2.68. The van der Waals surface area contributed by atoms with E-state index in [2.05, 4.69) is 56.0 Å². The smallest absolute Gasteiger partial charge is 0.278 e. The molecule has 0 heterocycles. The van der Waals surface area contributed by atoms with Crippen LogP contribution in [0.5, 0.6) is 0 Å². The van der Waals surface area contributed by atoms with Crippen LogP contribution < -0.4 is 0 Å². The first kappa shape index (κ1) is 12.4. The molecule has 3 heteroatoms. The Balaban J connectivity index is 2.15. The quantitative estimate of drug-likeness (QED) is 0.450. The van der Waals surface area contributed by atoms with Gasteiger partial charge in [0.1, 0.15) is 0 Å². The summed E-state index contributed by atoms with van der Waals surface area (Å²) in [6.45, 7) is 8.57. The van der Waals surface area contributed by atoms with Crippen molar-refractivity contribution in [1.82, 2.24) is 0 Å². The van der Waals surface area contributed by atoms with Gasteiger partial charge in [0.25, 0.3) is 8.32 Å². The Morgan fingerprint density at radius 2 is 2.00 bits per heavy atom. The van der Waals surface area contributed by atoms with Crippen molar-refractivity contribution in [2.45, 2.75) is 45.3 Å². The minimum atomic E-state index is -1.55. The van der Waals surface area contributed by atoms with Crippen molar-refractivity contribution in [3.63, 3.8) is 0 Å². The molecule has 1 atom stereocenters. The molecule has 0 spiro atoms. The summed E-state index contributed by atoms with van der Waals surface area (Å²) in [5, 5.41) is 4.35. The minimum Gasteiger partial charge on any atom is -0.456 e. The summed E-state index contributed by atoms with van der Waals surface area (Å²) in [6, 6.07) is 8.68. The second-order valence-electron chi connectivity index (χ2n) is 5.73. The minimum absolute atomic E-state index is 0.461. The lowest BCUT2D eigenvalue weighted by molar-refractivity contribution is 0.332. The molecular weight excluding hydrogens is 226 g/mol. The van der Waals surface area contributed by atoms with Gasteiger partial charge in [0.05, 0.1) is 5.71 Å². The van der Waals surface area contributed by atoms with Crippen LogP contribution in [0.25, 0.3) is 0 Å². The van der Waals surface area contributed by atoms with Gasteiger partial charge in [-0.15, -0.1) is 5.16 Å². The van der Waals surface area contributed by atoms with Crippen molar-refractivity contribution < 1.29 is 4.53 Å². The van der Waals surface area contributed by atoms with E-state index in [1.54, 1.807) is 0 Å². The molecule has 92 valence electrons. The Hall–Kier alpha value is -1.09. The molecule has 17 heavy (non-hydrogen) atoms. The van der Waals surface area contributed by atoms with E-state index in [0.717, 1.165) is 5.71 Å². The van der Waals surface area contributed by atoms with Crippen LogP contribution in [0, 0.1) is 0 Å². The van der Waals surface area contributed by atoms with Crippen LogP contribution in [-0.2, 0) is 10.9 Å². The normalized spacial score (nSPS) is 20.2. The van der Waals surface area contributed by atoms with Crippen molar-refractivity contribution in [2.75, 3.05) is 0 Å². The van der Waals surface area contributed by atoms with E-state index < -0.39 is 8.32 Å². The van der Waals surface area contributed by atoms with Crippen LogP contribution in [0.4, 0.5) is 0 Å². The molecule has 1 aromatic rings. The van der Waals surface area contributed by atoms with Gasteiger partial charge in [-0.25, -0.2) is 0 Å².